The molecule has 0 saturated carbocycles. The average Bonchev–Trinajstić information content (AvgIpc) is 3.04. The third-order valence-corrected chi connectivity index (χ3v) is 5.67. The van der Waals surface area contributed by atoms with E-state index in [1.54, 1.807) is 0 Å². The van der Waals surface area contributed by atoms with E-state index in [1.807, 2.05) is 30.3 Å². The summed E-state index contributed by atoms with van der Waals surface area (Å²) in [5, 5.41) is 4.03. The summed E-state index contributed by atoms with van der Waals surface area (Å²) >= 11 is 7.40. The van der Waals surface area contributed by atoms with Crippen molar-refractivity contribution in [2.45, 2.75) is 20.4 Å². The highest BCUT2D eigenvalue weighted by Crippen LogP contribution is 2.31. The standard InChI is InChI=1S/C21H18ClN3OS/c1-12-7-13(2)9-16(8-12)23-11-19-24-17-10-18(27-20(17)21(26)25-19)14-3-5-15(22)6-4-14/h3-10,23H,11H2,1-2H3,(H,24,25,26). The van der Waals surface area contributed by atoms with Crippen molar-refractivity contribution in [2.24, 2.45) is 0 Å². The van der Waals surface area contributed by atoms with E-state index in [1.165, 1.54) is 22.5 Å². The van der Waals surface area contributed by atoms with Crippen LogP contribution in [0.3, 0.4) is 0 Å². The second-order valence-electron chi connectivity index (χ2n) is 6.57. The van der Waals surface area contributed by atoms with E-state index in [0.29, 0.717) is 27.6 Å². The number of halogens is 1. The summed E-state index contributed by atoms with van der Waals surface area (Å²) < 4.78 is 0.634. The fraction of sp³-hybridized carbons (Fsp3) is 0.143. The van der Waals surface area contributed by atoms with Gasteiger partial charge in [0.15, 0.2) is 0 Å². The number of anilines is 1. The van der Waals surface area contributed by atoms with Gasteiger partial charge in [-0.3, -0.25) is 4.79 Å². The van der Waals surface area contributed by atoms with Crippen LogP contribution in [0.15, 0.2) is 53.3 Å². The highest BCUT2D eigenvalue weighted by atomic mass is 35.5. The lowest BCUT2D eigenvalue weighted by Crippen LogP contribution is -2.13. The maximum Gasteiger partial charge on any atom is 0.268 e. The second kappa shape index (κ2) is 7.18. The molecule has 136 valence electrons. The predicted molar refractivity (Wildman–Crippen MR) is 114 cm³/mol. The zero-order valence-electron chi connectivity index (χ0n) is 15.0. The van der Waals surface area contributed by atoms with E-state index in [2.05, 4.69) is 47.3 Å². The minimum absolute atomic E-state index is 0.109. The highest BCUT2D eigenvalue weighted by Gasteiger charge is 2.10. The van der Waals surface area contributed by atoms with Crippen molar-refractivity contribution in [3.63, 3.8) is 0 Å². The number of aromatic nitrogens is 2. The minimum atomic E-state index is -0.109. The van der Waals surface area contributed by atoms with Crippen LogP contribution in [0.4, 0.5) is 5.69 Å². The normalized spacial score (nSPS) is 11.1. The molecule has 2 N–H and O–H groups in total. The van der Waals surface area contributed by atoms with Gasteiger partial charge in [0, 0.05) is 15.6 Å². The Morgan fingerprint density at radius 1 is 1.07 bits per heavy atom. The molecule has 0 fully saturated rings. The van der Waals surface area contributed by atoms with Gasteiger partial charge < -0.3 is 10.3 Å². The molecular formula is C21H18ClN3OS. The molecule has 2 heterocycles. The second-order valence-corrected chi connectivity index (χ2v) is 8.06. The Kier molecular flexibility index (Phi) is 4.72. The molecule has 4 aromatic rings. The number of aryl methyl sites for hydroxylation is 2. The van der Waals surface area contributed by atoms with Gasteiger partial charge in [-0.15, -0.1) is 11.3 Å². The first-order valence-corrected chi connectivity index (χ1v) is 9.78. The molecular weight excluding hydrogens is 378 g/mol. The Balaban J connectivity index is 1.63. The smallest absolute Gasteiger partial charge is 0.268 e. The van der Waals surface area contributed by atoms with Gasteiger partial charge in [0.05, 0.1) is 12.1 Å². The van der Waals surface area contributed by atoms with Crippen LogP contribution in [-0.4, -0.2) is 9.97 Å². The molecule has 27 heavy (non-hydrogen) atoms. The Labute approximate surface area is 165 Å². The molecule has 0 amide bonds. The topological polar surface area (TPSA) is 57.8 Å². The molecule has 0 unspecified atom stereocenters. The van der Waals surface area contributed by atoms with Crippen LogP contribution < -0.4 is 10.9 Å². The van der Waals surface area contributed by atoms with Gasteiger partial charge >= 0.3 is 0 Å². The van der Waals surface area contributed by atoms with Crippen LogP contribution in [0.1, 0.15) is 17.0 Å². The van der Waals surface area contributed by atoms with Gasteiger partial charge in [0.2, 0.25) is 0 Å². The van der Waals surface area contributed by atoms with E-state index in [9.17, 15) is 4.79 Å². The molecule has 0 radical (unpaired) electrons. The number of rotatable bonds is 4. The van der Waals surface area contributed by atoms with Gasteiger partial charge in [0.1, 0.15) is 10.5 Å². The number of thiophene rings is 1. The number of nitrogens with one attached hydrogen (secondary N) is 2. The Morgan fingerprint density at radius 2 is 1.78 bits per heavy atom. The summed E-state index contributed by atoms with van der Waals surface area (Å²) in [4.78, 5) is 21.0. The number of benzene rings is 2. The zero-order chi connectivity index (χ0) is 19.0. The molecule has 0 atom stereocenters. The summed E-state index contributed by atoms with van der Waals surface area (Å²) in [6.45, 7) is 4.59. The van der Waals surface area contributed by atoms with E-state index < -0.39 is 0 Å². The molecule has 2 aromatic heterocycles. The van der Waals surface area contributed by atoms with E-state index in [0.717, 1.165) is 16.1 Å². The molecule has 4 rings (SSSR count). The monoisotopic (exact) mass is 395 g/mol. The average molecular weight is 396 g/mol. The van der Waals surface area contributed by atoms with Crippen molar-refractivity contribution in [3.05, 3.63) is 80.9 Å². The van der Waals surface area contributed by atoms with E-state index in [-0.39, 0.29) is 5.56 Å². The maximum absolute atomic E-state index is 12.5. The summed E-state index contributed by atoms with van der Waals surface area (Å²) in [6.07, 6.45) is 0. The van der Waals surface area contributed by atoms with E-state index in [4.69, 9.17) is 11.6 Å². The van der Waals surface area contributed by atoms with Gasteiger partial charge in [-0.1, -0.05) is 29.8 Å². The van der Waals surface area contributed by atoms with Crippen molar-refractivity contribution in [2.75, 3.05) is 5.32 Å². The Hall–Kier alpha value is -2.63. The first-order chi connectivity index (χ1) is 13.0. The van der Waals surface area contributed by atoms with Gasteiger partial charge in [-0.2, -0.15) is 0 Å². The largest absolute Gasteiger partial charge is 0.378 e. The summed E-state index contributed by atoms with van der Waals surface area (Å²) in [7, 11) is 0. The lowest BCUT2D eigenvalue weighted by molar-refractivity contribution is 0.955. The molecule has 0 bridgehead atoms. The molecule has 0 aliphatic heterocycles. The number of hydrogen-bond acceptors (Lipinski definition) is 4. The third kappa shape index (κ3) is 3.89. The molecule has 4 nitrogen and oxygen atoms in total. The fourth-order valence-electron chi connectivity index (χ4n) is 3.09. The van der Waals surface area contributed by atoms with Crippen LogP contribution in [0.25, 0.3) is 20.7 Å². The number of nitrogens with zero attached hydrogens (tertiary/aromatic N) is 1. The van der Waals surface area contributed by atoms with Crippen LogP contribution in [0.2, 0.25) is 5.02 Å². The van der Waals surface area contributed by atoms with Crippen LogP contribution >= 0.6 is 22.9 Å². The molecule has 0 aliphatic rings. The first-order valence-electron chi connectivity index (χ1n) is 8.59. The number of aromatic amines is 1. The van der Waals surface area contributed by atoms with Crippen molar-refractivity contribution in [3.8, 4) is 10.4 Å². The SMILES string of the molecule is Cc1cc(C)cc(NCc2nc3cc(-c4ccc(Cl)cc4)sc3c(=O)[nH]2)c1. The van der Waals surface area contributed by atoms with Crippen molar-refractivity contribution >= 4 is 38.8 Å². The first kappa shape index (κ1) is 17.8. The van der Waals surface area contributed by atoms with Crippen molar-refractivity contribution in [1.29, 1.82) is 0 Å². The molecule has 0 aliphatic carbocycles. The molecule has 6 heteroatoms. The van der Waals surface area contributed by atoms with Gasteiger partial charge in [-0.05, 0) is 60.9 Å². The zero-order valence-corrected chi connectivity index (χ0v) is 16.5. The summed E-state index contributed by atoms with van der Waals surface area (Å²) in [6, 6.07) is 15.8. The van der Waals surface area contributed by atoms with Crippen LogP contribution in [0, 0.1) is 13.8 Å². The lowest BCUT2D eigenvalue weighted by atomic mass is 10.1. The van der Waals surface area contributed by atoms with Crippen LogP contribution in [-0.2, 0) is 6.54 Å². The molecule has 0 saturated heterocycles. The fourth-order valence-corrected chi connectivity index (χ4v) is 4.21. The maximum atomic E-state index is 12.5. The lowest BCUT2D eigenvalue weighted by Gasteiger charge is -2.08. The number of hydrogen-bond donors (Lipinski definition) is 2. The summed E-state index contributed by atoms with van der Waals surface area (Å²) in [5.74, 6) is 0.618. The number of H-pyrrole nitrogens is 1. The Bertz CT molecular complexity index is 1160. The number of fused-ring (bicyclic) bond motifs is 1. The minimum Gasteiger partial charge on any atom is -0.378 e. The van der Waals surface area contributed by atoms with Gasteiger partial charge in [-0.25, -0.2) is 4.98 Å². The van der Waals surface area contributed by atoms with Gasteiger partial charge in [0.25, 0.3) is 5.56 Å². The third-order valence-electron chi connectivity index (χ3n) is 4.24. The van der Waals surface area contributed by atoms with Crippen molar-refractivity contribution in [1.82, 2.24) is 9.97 Å². The Morgan fingerprint density at radius 3 is 2.48 bits per heavy atom. The molecule has 2 aromatic carbocycles. The molecule has 0 spiro atoms. The highest BCUT2D eigenvalue weighted by molar-refractivity contribution is 7.22. The quantitative estimate of drug-likeness (QED) is 0.477. The van der Waals surface area contributed by atoms with Crippen molar-refractivity contribution < 1.29 is 0 Å². The van der Waals surface area contributed by atoms with Crippen LogP contribution in [0.5, 0.6) is 0 Å². The van der Waals surface area contributed by atoms with E-state index >= 15 is 0 Å². The summed E-state index contributed by atoms with van der Waals surface area (Å²) in [5.41, 5.74) is 5.03. The predicted octanol–water partition coefficient (Wildman–Crippen LogP) is 5.53.